The third-order valence-electron chi connectivity index (χ3n) is 3.94. The normalized spacial score (nSPS) is 10.9. The molecule has 4 rings (SSSR count). The first-order chi connectivity index (χ1) is 13.6. The maximum absolute atomic E-state index is 13.1. The van der Waals surface area contributed by atoms with Crippen LogP contribution in [-0.2, 0) is 5.75 Å². The molecule has 0 fully saturated rings. The topological polar surface area (TPSA) is 84.7 Å². The molecule has 2 aromatic carbocycles. The summed E-state index contributed by atoms with van der Waals surface area (Å²) in [6, 6.07) is 15.0. The number of hydrogen-bond donors (Lipinski definition) is 1. The first-order valence-corrected chi connectivity index (χ1v) is 9.45. The second kappa shape index (κ2) is 7.77. The Morgan fingerprint density at radius 3 is 2.68 bits per heavy atom. The lowest BCUT2D eigenvalue weighted by Crippen LogP contribution is -2.08. The number of aromatic amines is 1. The number of nitrogens with one attached hydrogen (secondary N) is 1. The number of H-pyrrole nitrogens is 1. The summed E-state index contributed by atoms with van der Waals surface area (Å²) in [6.07, 6.45) is 0. The van der Waals surface area contributed by atoms with Crippen LogP contribution in [-0.4, -0.2) is 20.1 Å². The Kier molecular flexibility index (Phi) is 5.03. The molecule has 0 aliphatic heterocycles. The highest BCUT2D eigenvalue weighted by atomic mass is 32.2. The van der Waals surface area contributed by atoms with E-state index in [0.717, 1.165) is 11.1 Å². The Balaban J connectivity index is 1.51. The number of aromatic nitrogens is 4. The second-order valence-electron chi connectivity index (χ2n) is 6.11. The third kappa shape index (κ3) is 4.17. The van der Waals surface area contributed by atoms with Crippen molar-refractivity contribution in [3.8, 4) is 22.6 Å². The highest BCUT2D eigenvalue weighted by Gasteiger charge is 2.11. The lowest BCUT2D eigenvalue weighted by atomic mass is 10.1. The van der Waals surface area contributed by atoms with Crippen molar-refractivity contribution in [2.45, 2.75) is 17.8 Å². The van der Waals surface area contributed by atoms with Crippen molar-refractivity contribution in [1.82, 2.24) is 20.1 Å². The fourth-order valence-corrected chi connectivity index (χ4v) is 3.33. The zero-order chi connectivity index (χ0) is 19.5. The van der Waals surface area contributed by atoms with E-state index in [9.17, 15) is 9.18 Å². The highest BCUT2D eigenvalue weighted by molar-refractivity contribution is 7.98. The van der Waals surface area contributed by atoms with Crippen LogP contribution in [0.3, 0.4) is 0 Å². The van der Waals surface area contributed by atoms with Crippen LogP contribution in [0.1, 0.15) is 11.5 Å². The minimum Gasteiger partial charge on any atom is -0.338 e. The summed E-state index contributed by atoms with van der Waals surface area (Å²) < 4.78 is 18.4. The molecule has 28 heavy (non-hydrogen) atoms. The highest BCUT2D eigenvalue weighted by Crippen LogP contribution is 2.23. The van der Waals surface area contributed by atoms with Crippen LogP contribution in [0.15, 0.2) is 69.1 Å². The predicted molar refractivity (Wildman–Crippen MR) is 104 cm³/mol. The van der Waals surface area contributed by atoms with Crippen LogP contribution in [0.4, 0.5) is 4.39 Å². The SMILES string of the molecule is Cc1cccc(-c2noc(CSc3nc(-c4ccc(F)cc4)cc(=O)[nH]3)n2)c1. The first kappa shape index (κ1) is 18.1. The largest absolute Gasteiger partial charge is 0.338 e. The van der Waals surface area contributed by atoms with Gasteiger partial charge < -0.3 is 9.51 Å². The number of nitrogens with zero attached hydrogens (tertiary/aromatic N) is 3. The maximum Gasteiger partial charge on any atom is 0.252 e. The molecule has 8 heteroatoms. The molecule has 140 valence electrons. The minimum atomic E-state index is -0.344. The summed E-state index contributed by atoms with van der Waals surface area (Å²) in [5, 5.41) is 4.42. The van der Waals surface area contributed by atoms with Crippen molar-refractivity contribution >= 4 is 11.8 Å². The van der Waals surface area contributed by atoms with Gasteiger partial charge in [-0.25, -0.2) is 9.37 Å². The van der Waals surface area contributed by atoms with Gasteiger partial charge in [-0.1, -0.05) is 40.7 Å². The van der Waals surface area contributed by atoms with Crippen LogP contribution in [0.25, 0.3) is 22.6 Å². The smallest absolute Gasteiger partial charge is 0.252 e. The summed E-state index contributed by atoms with van der Waals surface area (Å²) in [6.45, 7) is 2.00. The third-order valence-corrected chi connectivity index (χ3v) is 4.79. The first-order valence-electron chi connectivity index (χ1n) is 8.46. The van der Waals surface area contributed by atoms with Gasteiger partial charge in [0.15, 0.2) is 5.16 Å². The Hall–Kier alpha value is -3.26. The average Bonchev–Trinajstić information content (AvgIpc) is 3.16. The van der Waals surface area contributed by atoms with E-state index in [1.54, 1.807) is 12.1 Å². The van der Waals surface area contributed by atoms with Gasteiger partial charge in [0.05, 0.1) is 11.4 Å². The molecule has 1 N–H and O–H groups in total. The van der Waals surface area contributed by atoms with Crippen molar-refractivity contribution in [3.63, 3.8) is 0 Å². The molecule has 0 atom stereocenters. The molecule has 0 saturated carbocycles. The van der Waals surface area contributed by atoms with Crippen molar-refractivity contribution in [1.29, 1.82) is 0 Å². The molecule has 4 aromatic rings. The number of aryl methyl sites for hydroxylation is 1. The minimum absolute atomic E-state index is 0.289. The van der Waals surface area contributed by atoms with E-state index in [2.05, 4.69) is 20.1 Å². The molecule has 6 nitrogen and oxygen atoms in total. The number of benzene rings is 2. The van der Waals surface area contributed by atoms with E-state index in [1.807, 2.05) is 31.2 Å². The van der Waals surface area contributed by atoms with Gasteiger partial charge in [-0.2, -0.15) is 4.98 Å². The summed E-state index contributed by atoms with van der Waals surface area (Å²) >= 11 is 1.27. The molecule has 0 bridgehead atoms. The van der Waals surface area contributed by atoms with Crippen LogP contribution in [0, 0.1) is 12.7 Å². The fraction of sp³-hybridized carbons (Fsp3) is 0.100. The number of rotatable bonds is 5. The van der Waals surface area contributed by atoms with E-state index in [1.165, 1.54) is 30.0 Å². The quantitative estimate of drug-likeness (QED) is 0.403. The standard InChI is InChI=1S/C20H15FN4O2S/c1-12-3-2-4-14(9-12)19-24-18(27-25-19)11-28-20-22-16(10-17(26)23-20)13-5-7-15(21)8-6-13/h2-10H,11H2,1H3,(H,22,23,26). The van der Waals surface area contributed by atoms with E-state index < -0.39 is 0 Å². The molecule has 0 saturated heterocycles. The Bertz CT molecular complexity index is 1170. The van der Waals surface area contributed by atoms with E-state index in [-0.39, 0.29) is 11.4 Å². The number of hydrogen-bond acceptors (Lipinski definition) is 6. The molecule has 0 radical (unpaired) electrons. The molecule has 2 aromatic heterocycles. The monoisotopic (exact) mass is 394 g/mol. The summed E-state index contributed by atoms with van der Waals surface area (Å²) in [5.74, 6) is 0.954. The summed E-state index contributed by atoms with van der Waals surface area (Å²) in [4.78, 5) is 23.4. The Morgan fingerprint density at radius 1 is 1.07 bits per heavy atom. The molecule has 0 spiro atoms. The number of halogens is 1. The molecule has 0 unspecified atom stereocenters. The predicted octanol–water partition coefficient (Wildman–Crippen LogP) is 4.23. The lowest BCUT2D eigenvalue weighted by Gasteiger charge is -2.03. The average molecular weight is 394 g/mol. The van der Waals surface area contributed by atoms with Crippen LogP contribution < -0.4 is 5.56 Å². The van der Waals surface area contributed by atoms with Crippen molar-refractivity contribution in [2.75, 3.05) is 0 Å². The zero-order valence-corrected chi connectivity index (χ0v) is 15.7. The van der Waals surface area contributed by atoms with E-state index in [0.29, 0.717) is 33.9 Å². The molecule has 0 aliphatic carbocycles. The zero-order valence-electron chi connectivity index (χ0n) is 14.8. The molecule has 0 amide bonds. The van der Waals surface area contributed by atoms with Gasteiger partial charge in [0.25, 0.3) is 5.56 Å². The lowest BCUT2D eigenvalue weighted by molar-refractivity contribution is 0.391. The fourth-order valence-electron chi connectivity index (χ4n) is 2.62. The van der Waals surface area contributed by atoms with Crippen LogP contribution in [0.2, 0.25) is 0 Å². The van der Waals surface area contributed by atoms with Crippen molar-refractivity contribution in [2.24, 2.45) is 0 Å². The van der Waals surface area contributed by atoms with Crippen molar-refractivity contribution < 1.29 is 8.91 Å². The maximum atomic E-state index is 13.1. The molecule has 0 aliphatic rings. The van der Waals surface area contributed by atoms with E-state index in [4.69, 9.17) is 4.52 Å². The molecular formula is C20H15FN4O2S. The van der Waals surface area contributed by atoms with Gasteiger partial charge >= 0.3 is 0 Å². The van der Waals surface area contributed by atoms with Gasteiger partial charge in [0.2, 0.25) is 11.7 Å². The van der Waals surface area contributed by atoms with Crippen molar-refractivity contribution in [3.05, 3.63) is 82.2 Å². The summed E-state index contributed by atoms with van der Waals surface area (Å²) in [5.41, 5.74) is 2.83. The second-order valence-corrected chi connectivity index (χ2v) is 7.08. The van der Waals surface area contributed by atoms with Gasteiger partial charge in [-0.15, -0.1) is 0 Å². The number of thioether (sulfide) groups is 1. The Morgan fingerprint density at radius 2 is 1.89 bits per heavy atom. The van der Waals surface area contributed by atoms with Gasteiger partial charge in [0, 0.05) is 17.2 Å². The van der Waals surface area contributed by atoms with Crippen LogP contribution >= 0.6 is 11.8 Å². The van der Waals surface area contributed by atoms with Gasteiger partial charge in [-0.05, 0) is 37.3 Å². The van der Waals surface area contributed by atoms with Gasteiger partial charge in [0.1, 0.15) is 5.82 Å². The molecule has 2 heterocycles. The van der Waals surface area contributed by atoms with E-state index >= 15 is 0 Å². The van der Waals surface area contributed by atoms with Gasteiger partial charge in [-0.3, -0.25) is 4.79 Å². The summed E-state index contributed by atoms with van der Waals surface area (Å²) in [7, 11) is 0. The Labute approximate surface area is 163 Å². The molecular weight excluding hydrogens is 379 g/mol. The van der Waals surface area contributed by atoms with Crippen LogP contribution in [0.5, 0.6) is 0 Å².